The van der Waals surface area contributed by atoms with E-state index >= 15 is 0 Å². The normalized spacial score (nSPS) is 11.0. The lowest BCUT2D eigenvalue weighted by molar-refractivity contribution is 0.210. The second-order valence-electron chi connectivity index (χ2n) is 6.52. The molecule has 0 saturated heterocycles. The molecule has 0 atom stereocenters. The van der Waals surface area contributed by atoms with E-state index in [1.165, 1.54) is 12.1 Å². The molecular weight excluding hydrogens is 387 g/mol. The second kappa shape index (κ2) is 8.34. The summed E-state index contributed by atoms with van der Waals surface area (Å²) in [6.07, 6.45) is 0. The maximum absolute atomic E-state index is 13.5. The largest absolute Gasteiger partial charge is 0.497 e. The Morgan fingerprint density at radius 3 is 2.43 bits per heavy atom. The SMILES string of the molecule is COCCNc1nc(-c2ccc(F)cc2)c2c(N)n(-c3ccc(OC)cc3)nc2n1. The third kappa shape index (κ3) is 3.74. The van der Waals surface area contributed by atoms with Crippen LogP contribution in [-0.2, 0) is 4.74 Å². The van der Waals surface area contributed by atoms with Gasteiger partial charge in [0.05, 0.1) is 30.5 Å². The number of rotatable bonds is 7. The summed E-state index contributed by atoms with van der Waals surface area (Å²) in [5, 5.41) is 8.29. The number of nitrogens with zero attached hydrogens (tertiary/aromatic N) is 4. The van der Waals surface area contributed by atoms with Crippen molar-refractivity contribution < 1.29 is 13.9 Å². The summed E-state index contributed by atoms with van der Waals surface area (Å²) in [6, 6.07) is 13.4. The lowest BCUT2D eigenvalue weighted by Crippen LogP contribution is -2.10. The van der Waals surface area contributed by atoms with Gasteiger partial charge in [-0.15, -0.1) is 5.10 Å². The fraction of sp³-hybridized carbons (Fsp3) is 0.190. The van der Waals surface area contributed by atoms with E-state index in [2.05, 4.69) is 20.4 Å². The van der Waals surface area contributed by atoms with Gasteiger partial charge in [-0.3, -0.25) is 0 Å². The van der Waals surface area contributed by atoms with Crippen molar-refractivity contribution in [3.63, 3.8) is 0 Å². The molecule has 8 nitrogen and oxygen atoms in total. The van der Waals surface area contributed by atoms with Crippen molar-refractivity contribution in [1.29, 1.82) is 0 Å². The van der Waals surface area contributed by atoms with Crippen LogP contribution in [0.2, 0.25) is 0 Å². The predicted molar refractivity (Wildman–Crippen MR) is 113 cm³/mol. The van der Waals surface area contributed by atoms with Gasteiger partial charge in [0.15, 0.2) is 5.65 Å². The fourth-order valence-corrected chi connectivity index (χ4v) is 3.09. The Labute approximate surface area is 172 Å². The number of halogens is 1. The summed E-state index contributed by atoms with van der Waals surface area (Å²) in [5.74, 6) is 1.17. The number of nitrogens with one attached hydrogen (secondary N) is 1. The van der Waals surface area contributed by atoms with Crippen LogP contribution in [0.25, 0.3) is 28.0 Å². The molecule has 2 aromatic heterocycles. The molecule has 0 aliphatic rings. The molecule has 0 bridgehead atoms. The van der Waals surface area contributed by atoms with Gasteiger partial charge < -0.3 is 20.5 Å². The van der Waals surface area contributed by atoms with Gasteiger partial charge in [0.2, 0.25) is 5.95 Å². The molecule has 0 amide bonds. The summed E-state index contributed by atoms with van der Waals surface area (Å²) in [5.41, 5.74) is 8.91. The average Bonchev–Trinajstić information content (AvgIpc) is 3.10. The zero-order chi connectivity index (χ0) is 21.1. The van der Waals surface area contributed by atoms with Gasteiger partial charge in [-0.2, -0.15) is 4.98 Å². The van der Waals surface area contributed by atoms with E-state index < -0.39 is 0 Å². The number of hydrogen-bond acceptors (Lipinski definition) is 7. The molecular formula is C21H21FN6O2. The Morgan fingerprint density at radius 2 is 1.77 bits per heavy atom. The maximum atomic E-state index is 13.5. The maximum Gasteiger partial charge on any atom is 0.225 e. The molecule has 4 aromatic rings. The number of benzene rings is 2. The zero-order valence-corrected chi connectivity index (χ0v) is 16.6. The quantitative estimate of drug-likeness (QED) is 0.453. The highest BCUT2D eigenvalue weighted by Gasteiger charge is 2.19. The molecule has 30 heavy (non-hydrogen) atoms. The minimum absolute atomic E-state index is 0.329. The molecule has 2 heterocycles. The molecule has 0 aliphatic heterocycles. The van der Waals surface area contributed by atoms with E-state index in [-0.39, 0.29) is 5.82 Å². The van der Waals surface area contributed by atoms with E-state index in [9.17, 15) is 4.39 Å². The first-order valence-corrected chi connectivity index (χ1v) is 9.30. The number of fused-ring (bicyclic) bond motifs is 1. The van der Waals surface area contributed by atoms with Crippen molar-refractivity contribution in [2.24, 2.45) is 0 Å². The minimum atomic E-state index is -0.329. The number of ether oxygens (including phenoxy) is 2. The number of hydrogen-bond donors (Lipinski definition) is 2. The van der Waals surface area contributed by atoms with Crippen molar-refractivity contribution in [2.75, 3.05) is 38.4 Å². The van der Waals surface area contributed by atoms with Gasteiger partial charge >= 0.3 is 0 Å². The van der Waals surface area contributed by atoms with Crippen molar-refractivity contribution >= 4 is 22.8 Å². The van der Waals surface area contributed by atoms with E-state index in [1.807, 2.05) is 24.3 Å². The summed E-state index contributed by atoms with van der Waals surface area (Å²) in [7, 11) is 3.22. The third-order valence-corrected chi connectivity index (χ3v) is 4.59. The zero-order valence-electron chi connectivity index (χ0n) is 16.6. The van der Waals surface area contributed by atoms with Gasteiger partial charge in [-0.25, -0.2) is 14.1 Å². The van der Waals surface area contributed by atoms with Crippen molar-refractivity contribution in [1.82, 2.24) is 19.7 Å². The van der Waals surface area contributed by atoms with Crippen molar-refractivity contribution in [3.8, 4) is 22.7 Å². The number of methoxy groups -OCH3 is 2. The first-order valence-electron chi connectivity index (χ1n) is 9.30. The second-order valence-corrected chi connectivity index (χ2v) is 6.52. The number of nitrogens with two attached hydrogens (primary N) is 1. The van der Waals surface area contributed by atoms with E-state index in [4.69, 9.17) is 15.2 Å². The molecule has 0 unspecified atom stereocenters. The summed E-state index contributed by atoms with van der Waals surface area (Å²) in [6.45, 7) is 1.02. The number of anilines is 2. The summed E-state index contributed by atoms with van der Waals surface area (Å²) >= 11 is 0. The van der Waals surface area contributed by atoms with Crippen LogP contribution < -0.4 is 15.8 Å². The van der Waals surface area contributed by atoms with Crippen LogP contribution >= 0.6 is 0 Å². The van der Waals surface area contributed by atoms with Gasteiger partial charge in [-0.1, -0.05) is 0 Å². The molecule has 0 fully saturated rings. The first kappa shape index (κ1) is 19.6. The van der Waals surface area contributed by atoms with Crippen LogP contribution in [0, 0.1) is 5.82 Å². The molecule has 9 heteroatoms. The smallest absolute Gasteiger partial charge is 0.225 e. The van der Waals surface area contributed by atoms with Crippen LogP contribution in [0.1, 0.15) is 0 Å². The van der Waals surface area contributed by atoms with Crippen LogP contribution in [0.5, 0.6) is 5.75 Å². The van der Waals surface area contributed by atoms with E-state index in [0.717, 1.165) is 11.4 Å². The highest BCUT2D eigenvalue weighted by Crippen LogP contribution is 2.33. The Bertz CT molecular complexity index is 1160. The van der Waals surface area contributed by atoms with Gasteiger partial charge in [0.1, 0.15) is 17.4 Å². The molecule has 4 rings (SSSR count). The number of nitrogen functional groups attached to an aromatic ring is 1. The topological polar surface area (TPSA) is 100 Å². The standard InChI is InChI=1S/C21H21FN6O2/c1-29-12-11-24-21-25-18(13-3-5-14(22)6-4-13)17-19(23)28(27-20(17)26-21)15-7-9-16(30-2)10-8-15/h3-10H,11-12,23H2,1-2H3,(H,24,26,27). The Morgan fingerprint density at radius 1 is 1.03 bits per heavy atom. The minimum Gasteiger partial charge on any atom is -0.497 e. The van der Waals surface area contributed by atoms with Crippen molar-refractivity contribution in [2.45, 2.75) is 0 Å². The first-order chi connectivity index (χ1) is 14.6. The number of aromatic nitrogens is 4. The Balaban J connectivity index is 1.87. The molecule has 3 N–H and O–H groups in total. The average molecular weight is 408 g/mol. The highest BCUT2D eigenvalue weighted by molar-refractivity contribution is 5.99. The highest BCUT2D eigenvalue weighted by atomic mass is 19.1. The molecule has 2 aromatic carbocycles. The van der Waals surface area contributed by atoms with Gasteiger partial charge in [0.25, 0.3) is 0 Å². The van der Waals surface area contributed by atoms with Crippen LogP contribution in [0.15, 0.2) is 48.5 Å². The van der Waals surface area contributed by atoms with Crippen LogP contribution in [0.3, 0.4) is 0 Å². The lowest BCUT2D eigenvalue weighted by Gasteiger charge is -2.08. The fourth-order valence-electron chi connectivity index (χ4n) is 3.09. The van der Waals surface area contributed by atoms with E-state index in [0.29, 0.717) is 47.2 Å². The molecule has 0 radical (unpaired) electrons. The van der Waals surface area contributed by atoms with E-state index in [1.54, 1.807) is 31.0 Å². The van der Waals surface area contributed by atoms with Gasteiger partial charge in [-0.05, 0) is 48.5 Å². The summed E-state index contributed by atoms with van der Waals surface area (Å²) in [4.78, 5) is 9.12. The van der Waals surface area contributed by atoms with Crippen LogP contribution in [0.4, 0.5) is 16.2 Å². The third-order valence-electron chi connectivity index (χ3n) is 4.59. The molecule has 0 spiro atoms. The van der Waals surface area contributed by atoms with Crippen LogP contribution in [-0.4, -0.2) is 47.1 Å². The lowest BCUT2D eigenvalue weighted by atomic mass is 10.1. The van der Waals surface area contributed by atoms with Gasteiger partial charge in [0, 0.05) is 19.2 Å². The molecule has 0 aliphatic carbocycles. The Hall–Kier alpha value is -3.72. The monoisotopic (exact) mass is 408 g/mol. The van der Waals surface area contributed by atoms with Crippen molar-refractivity contribution in [3.05, 3.63) is 54.3 Å². The summed E-state index contributed by atoms with van der Waals surface area (Å²) < 4.78 is 25.3. The molecule has 0 saturated carbocycles. The Kier molecular flexibility index (Phi) is 5.44. The molecule has 154 valence electrons. The predicted octanol–water partition coefficient (Wildman–Crippen LogP) is 3.27.